The molecular formula is C27H33ClN4O8S2. The Bertz CT molecular complexity index is 1660. The molecule has 0 bridgehead atoms. The summed E-state index contributed by atoms with van der Waals surface area (Å²) >= 11 is 5.94. The van der Waals surface area contributed by atoms with Crippen molar-refractivity contribution in [1.29, 1.82) is 0 Å². The van der Waals surface area contributed by atoms with E-state index < -0.39 is 44.0 Å². The quantitative estimate of drug-likeness (QED) is 0.358. The van der Waals surface area contributed by atoms with Gasteiger partial charge in [0.15, 0.2) is 16.4 Å². The molecule has 0 saturated heterocycles. The number of sulfonamides is 2. The first-order chi connectivity index (χ1) is 19.7. The summed E-state index contributed by atoms with van der Waals surface area (Å²) in [6.45, 7) is 6.13. The number of amides is 1. The molecule has 3 atom stereocenters. The van der Waals surface area contributed by atoms with Gasteiger partial charge >= 0.3 is 0 Å². The summed E-state index contributed by atoms with van der Waals surface area (Å²) in [6, 6.07) is 9.61. The van der Waals surface area contributed by atoms with Gasteiger partial charge in [-0.05, 0) is 57.2 Å². The number of aromatic nitrogens is 1. The van der Waals surface area contributed by atoms with Crippen LogP contribution in [0.15, 0.2) is 56.8 Å². The van der Waals surface area contributed by atoms with E-state index >= 15 is 0 Å². The van der Waals surface area contributed by atoms with E-state index in [-0.39, 0.29) is 57.9 Å². The van der Waals surface area contributed by atoms with Crippen LogP contribution in [0.5, 0.6) is 5.75 Å². The van der Waals surface area contributed by atoms with Crippen LogP contribution in [0, 0.1) is 19.8 Å². The molecule has 0 aliphatic carbocycles. The number of hydrogen-bond donors (Lipinski definition) is 2. The molecule has 1 amide bonds. The highest BCUT2D eigenvalue weighted by Crippen LogP contribution is 2.37. The molecule has 12 nitrogen and oxygen atoms in total. The minimum absolute atomic E-state index is 0.0280. The molecule has 0 unspecified atom stereocenters. The highest BCUT2D eigenvalue weighted by molar-refractivity contribution is 7.92. The number of rotatable bonds is 9. The maximum absolute atomic E-state index is 13.7. The highest BCUT2D eigenvalue weighted by Gasteiger charge is 2.37. The molecule has 2 heterocycles. The molecule has 1 aromatic heterocycles. The number of benzene rings is 2. The zero-order valence-electron chi connectivity index (χ0n) is 23.7. The Morgan fingerprint density at radius 3 is 2.43 bits per heavy atom. The molecule has 0 radical (unpaired) electrons. The summed E-state index contributed by atoms with van der Waals surface area (Å²) in [4.78, 5) is 15.1. The van der Waals surface area contributed by atoms with E-state index in [1.165, 1.54) is 68.3 Å². The fraction of sp³-hybridized carbons (Fsp3) is 0.407. The van der Waals surface area contributed by atoms with Gasteiger partial charge in [0.25, 0.3) is 15.9 Å². The Balaban J connectivity index is 1.78. The average Bonchev–Trinajstić information content (AvgIpc) is 3.28. The fourth-order valence-electron chi connectivity index (χ4n) is 4.73. The number of aryl methyl sites for hydroxylation is 2. The number of aliphatic hydroxyl groups is 1. The zero-order chi connectivity index (χ0) is 31.0. The third kappa shape index (κ3) is 6.27. The second-order valence-electron chi connectivity index (χ2n) is 10.3. The second-order valence-corrected chi connectivity index (χ2v) is 14.4. The van der Waals surface area contributed by atoms with Gasteiger partial charge in [-0.3, -0.25) is 9.52 Å². The van der Waals surface area contributed by atoms with Crippen LogP contribution in [0.1, 0.15) is 35.7 Å². The van der Waals surface area contributed by atoms with Crippen molar-refractivity contribution in [3.05, 3.63) is 64.5 Å². The van der Waals surface area contributed by atoms with Gasteiger partial charge in [-0.15, -0.1) is 0 Å². The number of para-hydroxylation sites is 1. The molecule has 2 aromatic carbocycles. The summed E-state index contributed by atoms with van der Waals surface area (Å²) in [5.41, 5.74) is 0.174. The molecule has 228 valence electrons. The number of ether oxygens (including phenoxy) is 1. The number of halogens is 1. The number of anilines is 1. The number of nitrogens with one attached hydrogen (secondary N) is 1. The van der Waals surface area contributed by atoms with Gasteiger partial charge in [0.1, 0.15) is 11.8 Å². The number of fused-ring (bicyclic) bond motifs is 1. The van der Waals surface area contributed by atoms with Gasteiger partial charge in [-0.2, -0.15) is 4.31 Å². The van der Waals surface area contributed by atoms with Crippen molar-refractivity contribution in [3.8, 4) is 5.75 Å². The van der Waals surface area contributed by atoms with Gasteiger partial charge in [0, 0.05) is 24.5 Å². The van der Waals surface area contributed by atoms with Crippen LogP contribution < -0.4 is 9.46 Å². The summed E-state index contributed by atoms with van der Waals surface area (Å²) in [5.74, 6) is -0.898. The Kier molecular flexibility index (Phi) is 9.23. The van der Waals surface area contributed by atoms with Gasteiger partial charge in [0.05, 0.1) is 35.3 Å². The molecule has 15 heteroatoms. The van der Waals surface area contributed by atoms with Crippen LogP contribution in [0.2, 0.25) is 5.02 Å². The van der Waals surface area contributed by atoms with E-state index in [1.807, 2.05) is 0 Å². The van der Waals surface area contributed by atoms with Crippen molar-refractivity contribution < 1.29 is 36.0 Å². The molecule has 0 spiro atoms. The molecule has 0 saturated carbocycles. The lowest BCUT2D eigenvalue weighted by molar-refractivity contribution is 0.0389. The van der Waals surface area contributed by atoms with Crippen molar-refractivity contribution in [2.75, 3.05) is 31.5 Å². The van der Waals surface area contributed by atoms with E-state index in [0.29, 0.717) is 5.02 Å². The maximum Gasteiger partial charge on any atom is 0.267 e. The molecule has 3 aromatic rings. The third-order valence-corrected chi connectivity index (χ3v) is 10.8. The highest BCUT2D eigenvalue weighted by atomic mass is 35.5. The minimum Gasteiger partial charge on any atom is -0.486 e. The van der Waals surface area contributed by atoms with E-state index in [0.717, 1.165) is 4.31 Å². The third-order valence-electron chi connectivity index (χ3n) is 7.13. The number of aliphatic hydroxyl groups excluding tert-OH is 1. The molecule has 1 aliphatic rings. The largest absolute Gasteiger partial charge is 0.486 e. The van der Waals surface area contributed by atoms with Crippen molar-refractivity contribution in [2.45, 2.75) is 49.6 Å². The van der Waals surface area contributed by atoms with Crippen molar-refractivity contribution in [2.24, 2.45) is 5.92 Å². The first kappa shape index (κ1) is 31.8. The fourth-order valence-corrected chi connectivity index (χ4v) is 7.44. The van der Waals surface area contributed by atoms with E-state index in [4.69, 9.17) is 20.9 Å². The normalized spacial score (nSPS) is 18.7. The molecule has 42 heavy (non-hydrogen) atoms. The Morgan fingerprint density at radius 1 is 1.17 bits per heavy atom. The van der Waals surface area contributed by atoms with Crippen LogP contribution in [-0.4, -0.2) is 81.1 Å². The zero-order valence-corrected chi connectivity index (χ0v) is 26.1. The number of carbonyl (C=O) groups excluding carboxylic acids is 1. The van der Waals surface area contributed by atoms with E-state index in [1.54, 1.807) is 13.8 Å². The molecule has 1 aliphatic heterocycles. The van der Waals surface area contributed by atoms with Crippen LogP contribution >= 0.6 is 11.6 Å². The topological polar surface area (TPSA) is 159 Å². The number of carbonyl (C=O) groups is 1. The van der Waals surface area contributed by atoms with Gasteiger partial charge < -0.3 is 19.3 Å². The van der Waals surface area contributed by atoms with Crippen molar-refractivity contribution >= 4 is 43.2 Å². The predicted octanol–water partition coefficient (Wildman–Crippen LogP) is 3.29. The molecular weight excluding hydrogens is 608 g/mol. The SMILES string of the molecule is Cc1noc(C)c1S(=O)(=O)Nc1cccc2c1O[C@H](CN(C)S(=O)(=O)c1ccc(Cl)cc1)[C@H](C)CN([C@H](C)CO)C2=O. The van der Waals surface area contributed by atoms with Crippen molar-refractivity contribution in [3.63, 3.8) is 0 Å². The van der Waals surface area contributed by atoms with Crippen LogP contribution in [-0.2, 0) is 20.0 Å². The van der Waals surface area contributed by atoms with Gasteiger partial charge in [-0.25, -0.2) is 16.8 Å². The van der Waals surface area contributed by atoms with Crippen LogP contribution in [0.4, 0.5) is 5.69 Å². The lowest BCUT2D eigenvalue weighted by atomic mass is 9.99. The molecule has 0 fully saturated rings. The minimum atomic E-state index is -4.22. The predicted molar refractivity (Wildman–Crippen MR) is 156 cm³/mol. The summed E-state index contributed by atoms with van der Waals surface area (Å²) in [6.07, 6.45) is -0.831. The van der Waals surface area contributed by atoms with E-state index in [2.05, 4.69) is 9.88 Å². The molecule has 2 N–H and O–H groups in total. The Morgan fingerprint density at radius 2 is 1.83 bits per heavy atom. The van der Waals surface area contributed by atoms with Crippen LogP contribution in [0.3, 0.4) is 0 Å². The second kappa shape index (κ2) is 12.2. The Hall–Kier alpha value is -3.17. The molecule has 4 rings (SSSR count). The van der Waals surface area contributed by atoms with Gasteiger partial charge in [-0.1, -0.05) is 29.7 Å². The lowest BCUT2D eigenvalue weighted by Gasteiger charge is -2.38. The number of nitrogens with zero attached hydrogens (tertiary/aromatic N) is 3. The number of likely N-dealkylation sites (N-methyl/N-ethyl adjacent to an activating group) is 1. The standard InChI is InChI=1S/C27H33ClN4O8S2/c1-16-13-32(17(2)15-33)27(34)22-7-6-8-23(30-41(35,36)26-18(3)29-40-19(26)4)25(22)39-24(16)14-31(5)42(37,38)21-11-9-20(28)10-12-21/h6-12,16-17,24,30,33H,13-15H2,1-5H3/t16-,17-,24-/m1/s1. The van der Waals surface area contributed by atoms with Gasteiger partial charge in [0.2, 0.25) is 10.0 Å². The summed E-state index contributed by atoms with van der Waals surface area (Å²) in [5, 5.41) is 14.0. The smallest absolute Gasteiger partial charge is 0.267 e. The first-order valence-electron chi connectivity index (χ1n) is 13.1. The van der Waals surface area contributed by atoms with Crippen LogP contribution in [0.25, 0.3) is 0 Å². The Labute approximate surface area is 250 Å². The summed E-state index contributed by atoms with van der Waals surface area (Å²) in [7, 11) is -6.77. The first-order valence-corrected chi connectivity index (χ1v) is 16.4. The van der Waals surface area contributed by atoms with E-state index in [9.17, 15) is 26.7 Å². The summed E-state index contributed by atoms with van der Waals surface area (Å²) < 4.78 is 68.5. The van der Waals surface area contributed by atoms with Crippen molar-refractivity contribution in [1.82, 2.24) is 14.4 Å². The average molecular weight is 641 g/mol. The monoisotopic (exact) mass is 640 g/mol. The lowest BCUT2D eigenvalue weighted by Crippen LogP contribution is -2.50. The maximum atomic E-state index is 13.7. The number of hydrogen-bond acceptors (Lipinski definition) is 9.